The quantitative estimate of drug-likeness (QED) is 0.669. The smallest absolute Gasteiger partial charge is 0.171 e. The lowest BCUT2D eigenvalue weighted by molar-refractivity contribution is 0.546. The molecule has 0 aliphatic rings. The molecule has 0 spiro atoms. The number of rotatable bonds is 4. The van der Waals surface area contributed by atoms with Crippen molar-refractivity contribution < 1.29 is 0 Å². The van der Waals surface area contributed by atoms with Crippen LogP contribution in [-0.4, -0.2) is 26.4 Å². The fourth-order valence-corrected chi connectivity index (χ4v) is 1.98. The first kappa shape index (κ1) is 14.5. The predicted octanol–water partition coefficient (Wildman–Crippen LogP) is 2.87. The van der Waals surface area contributed by atoms with Gasteiger partial charge in [0.05, 0.1) is 18.1 Å². The van der Waals surface area contributed by atoms with Crippen LogP contribution in [-0.2, 0) is 0 Å². The first-order chi connectivity index (χ1) is 9.47. The van der Waals surface area contributed by atoms with Gasteiger partial charge in [-0.1, -0.05) is 12.2 Å². The summed E-state index contributed by atoms with van der Waals surface area (Å²) in [5.41, 5.74) is 2.76. The maximum absolute atomic E-state index is 5.21. The van der Waals surface area contributed by atoms with Gasteiger partial charge in [0.1, 0.15) is 0 Å². The number of aromatic nitrogens is 3. The number of pyridine rings is 1. The zero-order chi connectivity index (χ0) is 14.7. The Bertz CT molecular complexity index is 644. The molecule has 0 unspecified atom stereocenters. The molecule has 0 aromatic carbocycles. The van der Waals surface area contributed by atoms with Crippen LogP contribution in [0.3, 0.4) is 0 Å². The van der Waals surface area contributed by atoms with Gasteiger partial charge in [0.15, 0.2) is 10.8 Å². The average molecular weight is 289 g/mol. The van der Waals surface area contributed by atoms with Crippen molar-refractivity contribution in [2.24, 2.45) is 0 Å². The summed E-state index contributed by atoms with van der Waals surface area (Å²) in [6.07, 6.45) is 3.58. The van der Waals surface area contributed by atoms with Gasteiger partial charge in [-0.05, 0) is 39.1 Å². The summed E-state index contributed by atoms with van der Waals surface area (Å²) in [6, 6.07) is 2.28. The molecule has 2 aromatic rings. The van der Waals surface area contributed by atoms with Crippen LogP contribution in [0.2, 0.25) is 0 Å². The van der Waals surface area contributed by atoms with Crippen molar-refractivity contribution in [3.05, 3.63) is 30.6 Å². The summed E-state index contributed by atoms with van der Waals surface area (Å²) < 4.78 is 1.90. The van der Waals surface area contributed by atoms with Crippen LogP contribution in [0.4, 0.5) is 5.69 Å². The van der Waals surface area contributed by atoms with Crippen molar-refractivity contribution in [3.63, 3.8) is 0 Å². The number of nitrogens with zero attached hydrogens (tertiary/aromatic N) is 3. The molecule has 106 valence electrons. The Kier molecular flexibility index (Phi) is 4.34. The molecule has 0 fully saturated rings. The van der Waals surface area contributed by atoms with E-state index in [1.54, 1.807) is 6.20 Å². The highest BCUT2D eigenvalue weighted by molar-refractivity contribution is 7.80. The minimum atomic E-state index is 0.289. The molecule has 0 saturated carbocycles. The van der Waals surface area contributed by atoms with Gasteiger partial charge in [0.2, 0.25) is 0 Å². The normalized spacial score (nSPS) is 10.8. The second-order valence-electron chi connectivity index (χ2n) is 5.08. The second kappa shape index (κ2) is 6.00. The molecule has 0 radical (unpaired) electrons. The van der Waals surface area contributed by atoms with Gasteiger partial charge in [-0.2, -0.15) is 5.10 Å². The first-order valence-electron chi connectivity index (χ1n) is 6.50. The van der Waals surface area contributed by atoms with Crippen molar-refractivity contribution in [2.75, 3.05) is 11.9 Å². The van der Waals surface area contributed by atoms with E-state index < -0.39 is 0 Å². The van der Waals surface area contributed by atoms with E-state index in [9.17, 15) is 0 Å². The van der Waals surface area contributed by atoms with Crippen LogP contribution < -0.4 is 10.6 Å². The molecular formula is C14H19N5S. The third-order valence-electron chi connectivity index (χ3n) is 2.73. The third kappa shape index (κ3) is 3.33. The van der Waals surface area contributed by atoms with E-state index in [-0.39, 0.29) is 6.04 Å². The average Bonchev–Trinajstić information content (AvgIpc) is 2.79. The molecule has 2 heterocycles. The van der Waals surface area contributed by atoms with Gasteiger partial charge in [0.25, 0.3) is 0 Å². The molecule has 0 atom stereocenters. The van der Waals surface area contributed by atoms with Crippen molar-refractivity contribution in [1.29, 1.82) is 0 Å². The lowest BCUT2D eigenvalue weighted by Crippen LogP contribution is -2.29. The Balaban J connectivity index is 2.12. The Morgan fingerprint density at radius 1 is 1.45 bits per heavy atom. The topological polar surface area (TPSA) is 54.8 Å². The van der Waals surface area contributed by atoms with E-state index >= 15 is 0 Å². The Morgan fingerprint density at radius 3 is 2.85 bits per heavy atom. The number of thiocarbonyl (C=S) groups is 1. The van der Waals surface area contributed by atoms with E-state index in [0.717, 1.165) is 22.3 Å². The van der Waals surface area contributed by atoms with Crippen LogP contribution >= 0.6 is 12.2 Å². The Labute approximate surface area is 124 Å². The lowest BCUT2D eigenvalue weighted by atomic mass is 10.3. The van der Waals surface area contributed by atoms with Crippen LogP contribution in [0, 0.1) is 0 Å². The summed E-state index contributed by atoms with van der Waals surface area (Å²) in [4.78, 5) is 4.44. The van der Waals surface area contributed by atoms with Crippen molar-refractivity contribution >= 4 is 34.1 Å². The number of fused-ring (bicyclic) bond motifs is 1. The molecule has 2 rings (SSSR count). The van der Waals surface area contributed by atoms with E-state index in [1.165, 1.54) is 0 Å². The number of anilines is 1. The summed E-state index contributed by atoms with van der Waals surface area (Å²) in [5, 5.41) is 12.1. The second-order valence-corrected chi connectivity index (χ2v) is 5.49. The minimum absolute atomic E-state index is 0.289. The van der Waals surface area contributed by atoms with Gasteiger partial charge in [0, 0.05) is 18.0 Å². The SMILES string of the molecule is C=C(C)CNC(=S)Nc1cnc2c(cnn2C(C)C)c1. The summed E-state index contributed by atoms with van der Waals surface area (Å²) in [5.74, 6) is 0. The molecule has 2 aromatic heterocycles. The zero-order valence-electron chi connectivity index (χ0n) is 12.0. The number of hydrogen-bond donors (Lipinski definition) is 2. The molecule has 0 aliphatic carbocycles. The highest BCUT2D eigenvalue weighted by Gasteiger charge is 2.08. The largest absolute Gasteiger partial charge is 0.359 e. The fourth-order valence-electron chi connectivity index (χ4n) is 1.79. The molecule has 2 N–H and O–H groups in total. The summed E-state index contributed by atoms with van der Waals surface area (Å²) >= 11 is 5.21. The Morgan fingerprint density at radius 2 is 2.20 bits per heavy atom. The monoisotopic (exact) mass is 289 g/mol. The van der Waals surface area contributed by atoms with E-state index in [0.29, 0.717) is 11.7 Å². The Hall–Kier alpha value is -1.95. The highest BCUT2D eigenvalue weighted by Crippen LogP contribution is 2.18. The molecule has 0 aliphatic heterocycles. The maximum Gasteiger partial charge on any atom is 0.171 e. The maximum atomic E-state index is 5.21. The van der Waals surface area contributed by atoms with E-state index in [4.69, 9.17) is 12.2 Å². The molecule has 5 nitrogen and oxygen atoms in total. The molecule has 0 amide bonds. The molecule has 6 heteroatoms. The fraction of sp³-hybridized carbons (Fsp3) is 0.357. The van der Waals surface area contributed by atoms with Crippen molar-refractivity contribution in [2.45, 2.75) is 26.8 Å². The zero-order valence-corrected chi connectivity index (χ0v) is 12.8. The minimum Gasteiger partial charge on any atom is -0.359 e. The van der Waals surface area contributed by atoms with Crippen LogP contribution in [0.5, 0.6) is 0 Å². The lowest BCUT2D eigenvalue weighted by Gasteiger charge is -2.10. The molecule has 20 heavy (non-hydrogen) atoms. The van der Waals surface area contributed by atoms with Gasteiger partial charge in [-0.15, -0.1) is 0 Å². The van der Waals surface area contributed by atoms with E-state index in [2.05, 4.69) is 41.1 Å². The third-order valence-corrected chi connectivity index (χ3v) is 2.98. The van der Waals surface area contributed by atoms with E-state index in [1.807, 2.05) is 23.9 Å². The molecule has 0 saturated heterocycles. The van der Waals surface area contributed by atoms with Crippen LogP contribution in [0.1, 0.15) is 26.8 Å². The number of hydrogen-bond acceptors (Lipinski definition) is 3. The number of nitrogens with one attached hydrogen (secondary N) is 2. The van der Waals surface area contributed by atoms with Crippen LogP contribution in [0.15, 0.2) is 30.6 Å². The van der Waals surface area contributed by atoms with Crippen molar-refractivity contribution in [1.82, 2.24) is 20.1 Å². The summed E-state index contributed by atoms with van der Waals surface area (Å²) in [6.45, 7) is 10.6. The first-order valence-corrected chi connectivity index (χ1v) is 6.90. The summed E-state index contributed by atoms with van der Waals surface area (Å²) in [7, 11) is 0. The molecule has 0 bridgehead atoms. The predicted molar refractivity (Wildman–Crippen MR) is 87.0 cm³/mol. The molecular weight excluding hydrogens is 270 g/mol. The van der Waals surface area contributed by atoms with Gasteiger partial charge in [-0.3, -0.25) is 0 Å². The van der Waals surface area contributed by atoms with Gasteiger partial charge >= 0.3 is 0 Å². The van der Waals surface area contributed by atoms with Crippen LogP contribution in [0.25, 0.3) is 11.0 Å². The highest BCUT2D eigenvalue weighted by atomic mass is 32.1. The van der Waals surface area contributed by atoms with Crippen molar-refractivity contribution in [3.8, 4) is 0 Å². The van der Waals surface area contributed by atoms with Gasteiger partial charge < -0.3 is 10.6 Å². The standard InChI is InChI=1S/C14H19N5S/c1-9(2)6-16-14(20)18-12-5-11-7-17-19(10(3)4)13(11)15-8-12/h5,7-8,10H,1,6H2,2-4H3,(H2,16,18,20). The van der Waals surface area contributed by atoms with Gasteiger partial charge in [-0.25, -0.2) is 9.67 Å².